The molecule has 6 heteroatoms. The SMILES string of the molecule is CS(=O)(=O)c1ccccc1-c1ccc([O])cc1CC(=O)O. The fourth-order valence-electron chi connectivity index (χ4n) is 2.15. The molecule has 0 atom stereocenters. The Morgan fingerprint density at radius 2 is 1.76 bits per heavy atom. The molecule has 0 aliphatic heterocycles. The van der Waals surface area contributed by atoms with Crippen LogP contribution in [0.15, 0.2) is 47.4 Å². The molecule has 0 aliphatic rings. The van der Waals surface area contributed by atoms with E-state index in [1.165, 1.54) is 24.3 Å². The Hall–Kier alpha value is -2.34. The molecular formula is C15H13O5S. The summed E-state index contributed by atoms with van der Waals surface area (Å²) < 4.78 is 23.7. The zero-order valence-corrected chi connectivity index (χ0v) is 12.1. The highest BCUT2D eigenvalue weighted by molar-refractivity contribution is 7.90. The van der Waals surface area contributed by atoms with Gasteiger partial charge in [-0.1, -0.05) is 24.3 Å². The minimum Gasteiger partial charge on any atom is -0.481 e. The Labute approximate surface area is 122 Å². The van der Waals surface area contributed by atoms with Gasteiger partial charge in [0.1, 0.15) is 0 Å². The summed E-state index contributed by atoms with van der Waals surface area (Å²) in [5, 5.41) is 20.4. The first-order chi connectivity index (χ1) is 9.79. The molecule has 2 aromatic carbocycles. The highest BCUT2D eigenvalue weighted by Crippen LogP contribution is 2.32. The molecular weight excluding hydrogens is 292 g/mol. The smallest absolute Gasteiger partial charge is 0.307 e. The number of carboxylic acid groups (broad SMARTS) is 1. The molecule has 0 saturated carbocycles. The first-order valence-electron chi connectivity index (χ1n) is 6.10. The van der Waals surface area contributed by atoms with Crippen LogP contribution in [0.1, 0.15) is 5.56 Å². The zero-order valence-electron chi connectivity index (χ0n) is 11.2. The maximum Gasteiger partial charge on any atom is 0.307 e. The molecule has 0 bridgehead atoms. The van der Waals surface area contributed by atoms with Crippen LogP contribution >= 0.6 is 0 Å². The topological polar surface area (TPSA) is 91.3 Å². The van der Waals surface area contributed by atoms with Crippen molar-refractivity contribution >= 4 is 15.8 Å². The van der Waals surface area contributed by atoms with Gasteiger partial charge in [0.15, 0.2) is 15.6 Å². The minimum atomic E-state index is -3.46. The van der Waals surface area contributed by atoms with Crippen LogP contribution < -0.4 is 0 Å². The van der Waals surface area contributed by atoms with Crippen LogP contribution in [-0.2, 0) is 26.2 Å². The fraction of sp³-hybridized carbons (Fsp3) is 0.133. The monoisotopic (exact) mass is 305 g/mol. The summed E-state index contributed by atoms with van der Waals surface area (Å²) in [5.74, 6) is -1.40. The molecule has 0 saturated heterocycles. The van der Waals surface area contributed by atoms with Crippen LogP contribution in [0.5, 0.6) is 5.75 Å². The van der Waals surface area contributed by atoms with Crippen molar-refractivity contribution in [3.63, 3.8) is 0 Å². The van der Waals surface area contributed by atoms with Gasteiger partial charge in [-0.2, -0.15) is 0 Å². The van der Waals surface area contributed by atoms with Crippen molar-refractivity contribution in [2.24, 2.45) is 0 Å². The largest absolute Gasteiger partial charge is 0.481 e. The van der Waals surface area contributed by atoms with Crippen molar-refractivity contribution in [2.45, 2.75) is 11.3 Å². The van der Waals surface area contributed by atoms with Crippen LogP contribution in [0.4, 0.5) is 0 Å². The van der Waals surface area contributed by atoms with Crippen molar-refractivity contribution in [1.82, 2.24) is 0 Å². The summed E-state index contributed by atoms with van der Waals surface area (Å²) in [5.41, 5.74) is 1.14. The lowest BCUT2D eigenvalue weighted by atomic mass is 9.97. The predicted molar refractivity (Wildman–Crippen MR) is 76.5 cm³/mol. The van der Waals surface area contributed by atoms with E-state index < -0.39 is 15.8 Å². The molecule has 0 heterocycles. The first-order valence-corrected chi connectivity index (χ1v) is 7.99. The van der Waals surface area contributed by atoms with Gasteiger partial charge < -0.3 is 5.11 Å². The highest BCUT2D eigenvalue weighted by atomic mass is 32.2. The third-order valence-corrected chi connectivity index (χ3v) is 4.15. The maximum absolute atomic E-state index is 11.8. The number of hydrogen-bond acceptors (Lipinski definition) is 3. The van der Waals surface area contributed by atoms with Gasteiger partial charge in [-0.15, -0.1) is 0 Å². The average molecular weight is 305 g/mol. The molecule has 0 spiro atoms. The Balaban J connectivity index is 2.71. The van der Waals surface area contributed by atoms with Crippen molar-refractivity contribution in [2.75, 3.05) is 6.26 Å². The second kappa shape index (κ2) is 5.57. The number of carboxylic acids is 1. The van der Waals surface area contributed by atoms with Crippen LogP contribution in [0, 0.1) is 0 Å². The van der Waals surface area contributed by atoms with Crippen LogP contribution in [0.25, 0.3) is 11.1 Å². The lowest BCUT2D eigenvalue weighted by Crippen LogP contribution is -2.04. The lowest BCUT2D eigenvalue weighted by molar-refractivity contribution is -0.136. The molecule has 2 aromatic rings. The van der Waals surface area contributed by atoms with E-state index in [1.54, 1.807) is 18.2 Å². The van der Waals surface area contributed by atoms with Crippen LogP contribution in [-0.4, -0.2) is 25.7 Å². The Morgan fingerprint density at radius 1 is 1.10 bits per heavy atom. The van der Waals surface area contributed by atoms with Crippen LogP contribution in [0.3, 0.4) is 0 Å². The van der Waals surface area contributed by atoms with Crippen molar-refractivity contribution < 1.29 is 23.4 Å². The molecule has 21 heavy (non-hydrogen) atoms. The highest BCUT2D eigenvalue weighted by Gasteiger charge is 2.17. The van der Waals surface area contributed by atoms with E-state index in [0.29, 0.717) is 16.7 Å². The molecule has 109 valence electrons. The van der Waals surface area contributed by atoms with E-state index in [9.17, 15) is 18.3 Å². The number of sulfone groups is 1. The number of benzene rings is 2. The Bertz CT molecular complexity index is 793. The predicted octanol–water partition coefficient (Wildman–Crippen LogP) is 2.53. The first kappa shape index (κ1) is 15.1. The molecule has 5 nitrogen and oxygen atoms in total. The van der Waals surface area contributed by atoms with Crippen molar-refractivity contribution in [3.8, 4) is 16.9 Å². The van der Waals surface area contributed by atoms with Gasteiger partial charge in [-0.3, -0.25) is 9.90 Å². The van der Waals surface area contributed by atoms with Gasteiger partial charge in [-0.25, -0.2) is 8.42 Å². The number of hydrogen-bond donors (Lipinski definition) is 1. The van der Waals surface area contributed by atoms with Gasteiger partial charge in [0.2, 0.25) is 0 Å². The average Bonchev–Trinajstić information content (AvgIpc) is 2.37. The zero-order chi connectivity index (χ0) is 15.6. The Morgan fingerprint density at radius 3 is 2.38 bits per heavy atom. The van der Waals surface area contributed by atoms with Gasteiger partial charge >= 0.3 is 5.97 Å². The van der Waals surface area contributed by atoms with Gasteiger partial charge in [0.25, 0.3) is 0 Å². The third-order valence-electron chi connectivity index (χ3n) is 3.00. The summed E-state index contributed by atoms with van der Waals surface area (Å²) >= 11 is 0. The molecule has 0 aliphatic carbocycles. The Kier molecular flexibility index (Phi) is 3.99. The van der Waals surface area contributed by atoms with Crippen molar-refractivity contribution in [1.29, 1.82) is 0 Å². The van der Waals surface area contributed by atoms with Gasteiger partial charge in [0, 0.05) is 11.8 Å². The van der Waals surface area contributed by atoms with E-state index in [1.807, 2.05) is 0 Å². The summed E-state index contributed by atoms with van der Waals surface area (Å²) in [6, 6.07) is 10.3. The molecule has 1 N–H and O–H groups in total. The van der Waals surface area contributed by atoms with E-state index >= 15 is 0 Å². The van der Waals surface area contributed by atoms with Gasteiger partial charge in [0.05, 0.1) is 11.3 Å². The van der Waals surface area contributed by atoms with Crippen molar-refractivity contribution in [3.05, 3.63) is 48.0 Å². The van der Waals surface area contributed by atoms with E-state index in [2.05, 4.69) is 0 Å². The van der Waals surface area contributed by atoms with E-state index in [4.69, 9.17) is 5.11 Å². The summed E-state index contributed by atoms with van der Waals surface area (Å²) in [6.07, 6.45) is 0.744. The summed E-state index contributed by atoms with van der Waals surface area (Å²) in [7, 11) is -3.46. The second-order valence-corrected chi connectivity index (χ2v) is 6.64. The number of rotatable bonds is 4. The standard InChI is InChI=1S/C15H13O5S/c1-21(19,20)14-5-3-2-4-13(14)12-7-6-11(16)8-10(12)9-15(17)18/h2-8H,9H2,1H3,(H,17,18). The molecule has 0 unspecified atom stereocenters. The molecule has 0 aromatic heterocycles. The number of carbonyl (C=O) groups is 1. The van der Waals surface area contributed by atoms with E-state index in [-0.39, 0.29) is 17.1 Å². The maximum atomic E-state index is 11.8. The quantitative estimate of drug-likeness (QED) is 0.939. The minimum absolute atomic E-state index is 0.107. The molecule has 1 radical (unpaired) electrons. The second-order valence-electron chi connectivity index (χ2n) is 4.66. The van der Waals surface area contributed by atoms with Gasteiger partial charge in [-0.05, 0) is 29.3 Å². The number of aliphatic carboxylic acids is 1. The molecule has 2 rings (SSSR count). The van der Waals surface area contributed by atoms with E-state index in [0.717, 1.165) is 6.26 Å². The lowest BCUT2D eigenvalue weighted by Gasteiger charge is -2.12. The summed E-state index contributed by atoms with van der Waals surface area (Å²) in [4.78, 5) is 11.0. The third kappa shape index (κ3) is 3.41. The van der Waals surface area contributed by atoms with Crippen LogP contribution in [0.2, 0.25) is 0 Å². The normalized spacial score (nSPS) is 11.3. The summed E-state index contributed by atoms with van der Waals surface area (Å²) in [6.45, 7) is 0. The fourth-order valence-corrected chi connectivity index (χ4v) is 3.06. The molecule has 0 amide bonds. The molecule has 0 fully saturated rings.